The average Bonchev–Trinajstić information content (AvgIpc) is 2.89. The third-order valence-electron chi connectivity index (χ3n) is 6.21. The number of anilines is 4. The number of piperazine rings is 1. The van der Waals surface area contributed by atoms with E-state index < -0.39 is 0 Å². The Balaban J connectivity index is 1.38. The lowest BCUT2D eigenvalue weighted by Gasteiger charge is -2.34. The highest BCUT2D eigenvalue weighted by atomic mass is 16.1. The number of nitrogens with zero attached hydrogens (tertiary/aromatic N) is 5. The molecule has 36 heavy (non-hydrogen) atoms. The van der Waals surface area contributed by atoms with Crippen LogP contribution in [0.1, 0.15) is 6.92 Å². The van der Waals surface area contributed by atoms with Gasteiger partial charge in [0.2, 0.25) is 11.9 Å². The third kappa shape index (κ3) is 5.34. The second-order valence-electron chi connectivity index (χ2n) is 8.82. The van der Waals surface area contributed by atoms with E-state index in [1.54, 1.807) is 18.5 Å². The van der Waals surface area contributed by atoms with Gasteiger partial charge in [-0.05, 0) is 62.5 Å². The average molecular weight is 480 g/mol. The van der Waals surface area contributed by atoms with Gasteiger partial charge in [-0.2, -0.15) is 0 Å². The molecule has 0 radical (unpaired) electrons. The number of allylic oxidation sites excluding steroid dienone is 1. The molecule has 0 unspecified atom stereocenters. The first kappa shape index (κ1) is 23.4. The number of nitrogens with one attached hydrogen (secondary N) is 2. The van der Waals surface area contributed by atoms with Gasteiger partial charge in [-0.3, -0.25) is 9.78 Å². The van der Waals surface area contributed by atoms with Crippen LogP contribution < -0.4 is 15.5 Å². The molecule has 2 aromatic carbocycles. The number of benzene rings is 2. The third-order valence-corrected chi connectivity index (χ3v) is 6.21. The summed E-state index contributed by atoms with van der Waals surface area (Å²) in [7, 11) is 2.16. The van der Waals surface area contributed by atoms with Gasteiger partial charge in [-0.15, -0.1) is 0 Å². The molecule has 0 atom stereocenters. The summed E-state index contributed by atoms with van der Waals surface area (Å²) in [5, 5.41) is 7.08. The van der Waals surface area contributed by atoms with Gasteiger partial charge < -0.3 is 20.4 Å². The molecular formula is C28H29N7O. The van der Waals surface area contributed by atoms with Crippen molar-refractivity contribution < 1.29 is 4.79 Å². The summed E-state index contributed by atoms with van der Waals surface area (Å²) in [6, 6.07) is 17.9. The molecule has 3 heterocycles. The van der Waals surface area contributed by atoms with Gasteiger partial charge in [0.15, 0.2) is 0 Å². The standard InChI is InChI=1S/C28H29N7O/c1-3-5-25(36)31-23-7-4-6-20(18-23)26-27-21(12-13-29-26)19-30-28(33-27)32-22-8-10-24(11-9-22)35-16-14-34(2)15-17-35/h3-13,18-19H,14-17H2,1-2H3,(H,31,36)(H,30,32,33). The van der Waals surface area contributed by atoms with Crippen LogP contribution >= 0.6 is 0 Å². The van der Waals surface area contributed by atoms with Crippen molar-refractivity contribution >= 4 is 39.8 Å². The minimum atomic E-state index is -0.173. The topological polar surface area (TPSA) is 86.3 Å². The normalized spacial score (nSPS) is 14.3. The highest BCUT2D eigenvalue weighted by molar-refractivity contribution is 6.00. The van der Waals surface area contributed by atoms with E-state index in [-0.39, 0.29) is 5.91 Å². The van der Waals surface area contributed by atoms with E-state index in [0.29, 0.717) is 11.6 Å². The van der Waals surface area contributed by atoms with Crippen molar-refractivity contribution in [3.05, 3.63) is 79.1 Å². The zero-order valence-corrected chi connectivity index (χ0v) is 20.5. The molecule has 1 amide bonds. The number of aromatic nitrogens is 3. The highest BCUT2D eigenvalue weighted by Gasteiger charge is 2.14. The Morgan fingerprint density at radius 3 is 2.56 bits per heavy atom. The van der Waals surface area contributed by atoms with Gasteiger partial charge in [-0.25, -0.2) is 9.97 Å². The van der Waals surface area contributed by atoms with Gasteiger partial charge in [0.05, 0.1) is 5.69 Å². The summed E-state index contributed by atoms with van der Waals surface area (Å²) in [5.74, 6) is 0.328. The van der Waals surface area contributed by atoms with Crippen LogP contribution in [0, 0.1) is 0 Å². The van der Waals surface area contributed by atoms with Crippen molar-refractivity contribution in [1.29, 1.82) is 0 Å². The number of fused-ring (bicyclic) bond motifs is 1. The predicted octanol–water partition coefficient (Wildman–Crippen LogP) is 4.70. The van der Waals surface area contributed by atoms with Crippen molar-refractivity contribution in [2.24, 2.45) is 0 Å². The number of carbonyl (C=O) groups excluding carboxylic acids is 1. The second-order valence-corrected chi connectivity index (χ2v) is 8.82. The van der Waals surface area contributed by atoms with Gasteiger partial charge >= 0.3 is 0 Å². The Hall–Kier alpha value is -4.30. The van der Waals surface area contributed by atoms with Crippen molar-refractivity contribution in [2.75, 3.05) is 48.8 Å². The quantitative estimate of drug-likeness (QED) is 0.388. The van der Waals surface area contributed by atoms with Crippen LogP contribution in [-0.4, -0.2) is 59.0 Å². The molecule has 0 aliphatic carbocycles. The van der Waals surface area contributed by atoms with Crippen LogP contribution in [0.4, 0.5) is 23.0 Å². The van der Waals surface area contributed by atoms with Crippen molar-refractivity contribution in [3.8, 4) is 11.3 Å². The lowest BCUT2D eigenvalue weighted by molar-refractivity contribution is -0.111. The molecular weight excluding hydrogens is 450 g/mol. The SMILES string of the molecule is CC=CC(=O)Nc1cccc(-c2nccc3cnc(Nc4ccc(N5CCN(C)CC5)cc4)nc23)c1. The largest absolute Gasteiger partial charge is 0.369 e. The van der Waals surface area contributed by atoms with Crippen LogP contribution in [0.5, 0.6) is 0 Å². The first-order chi connectivity index (χ1) is 17.6. The number of amides is 1. The molecule has 0 spiro atoms. The Bertz CT molecular complexity index is 1390. The monoisotopic (exact) mass is 479 g/mol. The van der Waals surface area contributed by atoms with E-state index in [0.717, 1.165) is 54.0 Å². The van der Waals surface area contributed by atoms with Crippen molar-refractivity contribution in [2.45, 2.75) is 6.92 Å². The summed E-state index contributed by atoms with van der Waals surface area (Å²) in [5.41, 5.74) is 5.17. The van der Waals surface area contributed by atoms with Gasteiger partial charge in [-0.1, -0.05) is 18.2 Å². The lowest BCUT2D eigenvalue weighted by Crippen LogP contribution is -2.44. The Morgan fingerprint density at radius 1 is 0.972 bits per heavy atom. The van der Waals surface area contributed by atoms with Crippen LogP contribution in [0.2, 0.25) is 0 Å². The van der Waals surface area contributed by atoms with Crippen LogP contribution in [0.3, 0.4) is 0 Å². The molecule has 5 rings (SSSR count). The first-order valence-electron chi connectivity index (χ1n) is 12.1. The maximum absolute atomic E-state index is 12.0. The van der Waals surface area contributed by atoms with E-state index in [4.69, 9.17) is 4.98 Å². The van der Waals surface area contributed by atoms with Crippen molar-refractivity contribution in [3.63, 3.8) is 0 Å². The zero-order valence-electron chi connectivity index (χ0n) is 20.5. The molecule has 0 bridgehead atoms. The Kier molecular flexibility index (Phi) is 6.86. The molecule has 2 N–H and O–H groups in total. The molecule has 0 saturated carbocycles. The molecule has 1 aliphatic heterocycles. The van der Waals surface area contributed by atoms with Crippen LogP contribution in [0.15, 0.2) is 79.1 Å². The smallest absolute Gasteiger partial charge is 0.248 e. The molecule has 1 aliphatic rings. The maximum Gasteiger partial charge on any atom is 0.248 e. The molecule has 8 heteroatoms. The number of rotatable bonds is 6. The van der Waals surface area contributed by atoms with E-state index in [9.17, 15) is 4.79 Å². The van der Waals surface area contributed by atoms with Gasteiger partial charge in [0, 0.05) is 66.6 Å². The fourth-order valence-electron chi connectivity index (χ4n) is 4.26. The number of hydrogen-bond acceptors (Lipinski definition) is 7. The first-order valence-corrected chi connectivity index (χ1v) is 12.1. The van der Waals surface area contributed by atoms with E-state index >= 15 is 0 Å². The second kappa shape index (κ2) is 10.5. The molecule has 1 saturated heterocycles. The minimum Gasteiger partial charge on any atom is -0.369 e. The highest BCUT2D eigenvalue weighted by Crippen LogP contribution is 2.28. The number of likely N-dealkylation sites (N-methyl/N-ethyl adjacent to an activating group) is 1. The van der Waals surface area contributed by atoms with E-state index in [1.165, 1.54) is 11.8 Å². The maximum atomic E-state index is 12.0. The lowest BCUT2D eigenvalue weighted by atomic mass is 10.1. The molecule has 4 aromatic rings. The fraction of sp³-hybridized carbons (Fsp3) is 0.214. The zero-order chi connectivity index (χ0) is 24.9. The predicted molar refractivity (Wildman–Crippen MR) is 146 cm³/mol. The van der Waals surface area contributed by atoms with Gasteiger partial charge in [0.1, 0.15) is 5.52 Å². The molecule has 2 aromatic heterocycles. The van der Waals surface area contributed by atoms with E-state index in [2.05, 4.69) is 61.7 Å². The summed E-state index contributed by atoms with van der Waals surface area (Å²) < 4.78 is 0. The number of pyridine rings is 1. The number of carbonyl (C=O) groups is 1. The molecule has 1 fully saturated rings. The van der Waals surface area contributed by atoms with Crippen LogP contribution in [-0.2, 0) is 4.79 Å². The molecule has 8 nitrogen and oxygen atoms in total. The number of hydrogen-bond donors (Lipinski definition) is 2. The molecule has 182 valence electrons. The minimum absolute atomic E-state index is 0.173. The summed E-state index contributed by atoms with van der Waals surface area (Å²) >= 11 is 0. The van der Waals surface area contributed by atoms with Crippen LogP contribution in [0.25, 0.3) is 22.2 Å². The van der Waals surface area contributed by atoms with Gasteiger partial charge in [0.25, 0.3) is 0 Å². The summed E-state index contributed by atoms with van der Waals surface area (Å²) in [6.45, 7) is 6.03. The van der Waals surface area contributed by atoms with E-state index in [1.807, 2.05) is 37.3 Å². The summed E-state index contributed by atoms with van der Waals surface area (Å²) in [6.07, 6.45) is 6.74. The Morgan fingerprint density at radius 2 is 1.78 bits per heavy atom. The fourth-order valence-corrected chi connectivity index (χ4v) is 4.26. The summed E-state index contributed by atoms with van der Waals surface area (Å²) in [4.78, 5) is 30.6. The Labute approximate surface area is 210 Å². The van der Waals surface area contributed by atoms with Crippen molar-refractivity contribution in [1.82, 2.24) is 19.9 Å².